The van der Waals surface area contributed by atoms with E-state index in [-0.39, 0.29) is 19.4 Å². The molecule has 1 saturated heterocycles. The molecule has 0 spiro atoms. The number of fused-ring (bicyclic) bond motifs is 2. The largest absolute Gasteiger partial charge is 0.414 e. The van der Waals surface area contributed by atoms with Gasteiger partial charge in [0.05, 0.1) is 46.5 Å². The average Bonchev–Trinajstić information content (AvgIpc) is 3.74. The van der Waals surface area contributed by atoms with Crippen molar-refractivity contribution in [3.63, 3.8) is 0 Å². The van der Waals surface area contributed by atoms with Gasteiger partial charge in [-0.15, -0.1) is 0 Å². The van der Waals surface area contributed by atoms with Crippen LogP contribution in [0, 0.1) is 6.92 Å². The molecule has 1 amide bonds. The van der Waals surface area contributed by atoms with E-state index in [2.05, 4.69) is 19.8 Å². The van der Waals surface area contributed by atoms with Gasteiger partial charge in [-0.2, -0.15) is 31.4 Å². The molecule has 0 bridgehead atoms. The van der Waals surface area contributed by atoms with E-state index < -0.39 is 42.6 Å². The number of para-hydroxylation sites is 1. The van der Waals surface area contributed by atoms with E-state index in [9.17, 15) is 35.9 Å². The first-order chi connectivity index (χ1) is 22.1. The lowest BCUT2D eigenvalue weighted by Crippen LogP contribution is -2.46. The Labute approximate surface area is 264 Å². The highest BCUT2D eigenvalue weighted by atomic mass is 19.4. The molecule has 2 atom stereocenters. The van der Waals surface area contributed by atoms with E-state index in [4.69, 9.17) is 0 Å². The minimum absolute atomic E-state index is 0.0133. The Hall–Kier alpha value is -4.73. The molecule has 47 heavy (non-hydrogen) atoms. The van der Waals surface area contributed by atoms with Crippen LogP contribution in [0.1, 0.15) is 25.3 Å². The molecule has 0 radical (unpaired) electrons. The van der Waals surface area contributed by atoms with Gasteiger partial charge in [0.15, 0.2) is 0 Å². The predicted molar refractivity (Wildman–Crippen MR) is 161 cm³/mol. The molecule has 0 aliphatic carbocycles. The van der Waals surface area contributed by atoms with E-state index in [0.29, 0.717) is 22.4 Å². The normalized spacial score (nSPS) is 16.0. The van der Waals surface area contributed by atoms with Gasteiger partial charge in [0.25, 0.3) is 0 Å². The van der Waals surface area contributed by atoms with Crippen molar-refractivity contribution in [3.8, 4) is 16.9 Å². The molecule has 1 aromatic carbocycles. The number of amides is 1. The molecule has 6 rings (SSSR count). The van der Waals surface area contributed by atoms with Crippen LogP contribution in [0.3, 0.4) is 0 Å². The number of aryl methyl sites for hydroxylation is 2. The van der Waals surface area contributed by atoms with Crippen LogP contribution in [0.4, 0.5) is 26.3 Å². The van der Waals surface area contributed by atoms with E-state index in [1.807, 2.05) is 20.0 Å². The van der Waals surface area contributed by atoms with Gasteiger partial charge >= 0.3 is 18.0 Å². The van der Waals surface area contributed by atoms with E-state index in [0.717, 1.165) is 41.0 Å². The second-order valence-electron chi connectivity index (χ2n) is 11.1. The number of ether oxygens (including phenoxy) is 1. The maximum absolute atomic E-state index is 13.7. The summed E-state index contributed by atoms with van der Waals surface area (Å²) in [4.78, 5) is 36.4. The number of imidazole rings is 1. The van der Waals surface area contributed by atoms with Gasteiger partial charge in [-0.25, -0.2) is 4.79 Å². The monoisotopic (exact) mass is 663 g/mol. The van der Waals surface area contributed by atoms with Crippen LogP contribution >= 0.6 is 0 Å². The lowest BCUT2D eigenvalue weighted by atomic mass is 10.1. The number of halogens is 6. The molecule has 2 unspecified atom stereocenters. The van der Waals surface area contributed by atoms with Gasteiger partial charge in [-0.05, 0) is 50.5 Å². The van der Waals surface area contributed by atoms with Crippen molar-refractivity contribution in [1.29, 1.82) is 0 Å². The highest BCUT2D eigenvalue weighted by Gasteiger charge is 2.47. The summed E-state index contributed by atoms with van der Waals surface area (Å²) < 4.78 is 82.8. The first-order valence-corrected chi connectivity index (χ1v) is 14.5. The number of rotatable bonds is 5. The van der Waals surface area contributed by atoms with Gasteiger partial charge in [0.2, 0.25) is 5.91 Å². The van der Waals surface area contributed by atoms with Crippen LogP contribution in [-0.2, 0) is 23.1 Å². The summed E-state index contributed by atoms with van der Waals surface area (Å²) in [6.07, 6.45) is -3.52. The van der Waals surface area contributed by atoms with Gasteiger partial charge in [0, 0.05) is 37.8 Å². The topological polar surface area (TPSA) is 100 Å². The minimum Gasteiger partial charge on any atom is -0.372 e. The Morgan fingerprint density at radius 1 is 1.04 bits per heavy atom. The zero-order valence-corrected chi connectivity index (χ0v) is 25.8. The molecule has 0 N–H and O–H groups in total. The zero-order chi connectivity index (χ0) is 34.3. The SMILES string of the molecule is COC(C)C(F)(F)F.Cc1cccc2c1n(-c1ccc(-c3cncc4c3cnn4C)nc1)c(=O)n2CC(=O)N1CCCC1C(F)(F)F. The van der Waals surface area contributed by atoms with Gasteiger partial charge in [0.1, 0.15) is 18.7 Å². The molecule has 1 fully saturated rings. The van der Waals surface area contributed by atoms with E-state index in [1.165, 1.54) is 9.13 Å². The lowest BCUT2D eigenvalue weighted by Gasteiger charge is -2.26. The minimum atomic E-state index is -4.51. The third-order valence-electron chi connectivity index (χ3n) is 8.17. The molecule has 10 nitrogen and oxygen atoms in total. The van der Waals surface area contributed by atoms with Crippen LogP contribution in [-0.4, -0.2) is 77.8 Å². The Morgan fingerprint density at radius 2 is 1.79 bits per heavy atom. The molecule has 5 aromatic rings. The molecule has 16 heteroatoms. The number of aromatic nitrogens is 6. The van der Waals surface area contributed by atoms with Gasteiger partial charge < -0.3 is 9.64 Å². The van der Waals surface area contributed by atoms with Crippen molar-refractivity contribution in [2.45, 2.75) is 57.7 Å². The standard InChI is InChI=1S/C27H24F3N7O2.C4H7F3O/c1-16-5-3-6-21-25(16)37(26(39)36(21)15-24(38)35-10-4-7-23(35)27(28,29)30)17-8-9-20(32-11-17)18-12-31-14-22-19(18)13-33-34(22)2;1-3(8-2)4(5,6)7/h3,5-6,8-9,11-14,23H,4,7,10,15H2,1-2H3;3H,1-2H3. The molecule has 5 heterocycles. The quantitative estimate of drug-likeness (QED) is 0.228. The van der Waals surface area contributed by atoms with Crippen LogP contribution in [0.25, 0.3) is 38.9 Å². The van der Waals surface area contributed by atoms with Crippen molar-refractivity contribution in [1.82, 2.24) is 33.8 Å². The fourth-order valence-electron chi connectivity index (χ4n) is 5.57. The first kappa shape index (κ1) is 33.6. The predicted octanol–water partition coefficient (Wildman–Crippen LogP) is 5.58. The Bertz CT molecular complexity index is 1960. The summed E-state index contributed by atoms with van der Waals surface area (Å²) in [6, 6.07) is 6.97. The number of carbonyl (C=O) groups excluding carboxylic acids is 1. The zero-order valence-electron chi connectivity index (χ0n) is 25.8. The van der Waals surface area contributed by atoms with Crippen molar-refractivity contribution in [3.05, 3.63) is 71.2 Å². The number of likely N-dealkylation sites (tertiary alicyclic amines) is 1. The molecule has 0 saturated carbocycles. The van der Waals surface area contributed by atoms with Crippen LogP contribution < -0.4 is 5.69 Å². The summed E-state index contributed by atoms with van der Waals surface area (Å²) in [7, 11) is 2.85. The summed E-state index contributed by atoms with van der Waals surface area (Å²) in [5.74, 6) is -0.733. The van der Waals surface area contributed by atoms with Crippen molar-refractivity contribution >= 4 is 27.8 Å². The summed E-state index contributed by atoms with van der Waals surface area (Å²) in [6.45, 7) is 2.32. The summed E-state index contributed by atoms with van der Waals surface area (Å²) >= 11 is 0. The molecular formula is C31H31F6N7O3. The smallest absolute Gasteiger partial charge is 0.372 e. The van der Waals surface area contributed by atoms with Crippen LogP contribution in [0.5, 0.6) is 0 Å². The average molecular weight is 664 g/mol. The fraction of sp³-hybridized carbons (Fsp3) is 0.387. The number of alkyl halides is 6. The molecule has 1 aliphatic heterocycles. The van der Waals surface area contributed by atoms with Crippen molar-refractivity contribution in [2.75, 3.05) is 13.7 Å². The molecule has 250 valence electrons. The van der Waals surface area contributed by atoms with Crippen LogP contribution in [0.2, 0.25) is 0 Å². The third-order valence-corrected chi connectivity index (χ3v) is 8.17. The molecular weight excluding hydrogens is 632 g/mol. The maximum atomic E-state index is 13.7. The number of hydrogen-bond acceptors (Lipinski definition) is 6. The Morgan fingerprint density at radius 3 is 2.40 bits per heavy atom. The lowest BCUT2D eigenvalue weighted by molar-refractivity contribution is -0.206. The number of carbonyl (C=O) groups is 1. The summed E-state index contributed by atoms with van der Waals surface area (Å²) in [5.41, 5.74) is 4.02. The Kier molecular flexibility index (Phi) is 9.17. The molecule has 4 aromatic heterocycles. The van der Waals surface area contributed by atoms with Crippen LogP contribution in [0.15, 0.2) is 59.9 Å². The second-order valence-corrected chi connectivity index (χ2v) is 11.1. The van der Waals surface area contributed by atoms with E-state index >= 15 is 0 Å². The number of hydrogen-bond donors (Lipinski definition) is 0. The highest BCUT2D eigenvalue weighted by Crippen LogP contribution is 2.33. The van der Waals surface area contributed by atoms with E-state index in [1.54, 1.807) is 53.7 Å². The maximum Gasteiger partial charge on any atom is 0.414 e. The first-order valence-electron chi connectivity index (χ1n) is 14.5. The Balaban J connectivity index is 0.000000483. The van der Waals surface area contributed by atoms with Gasteiger partial charge in [-0.1, -0.05) is 12.1 Å². The highest BCUT2D eigenvalue weighted by molar-refractivity contribution is 5.92. The number of nitrogens with zero attached hydrogens (tertiary/aromatic N) is 7. The van der Waals surface area contributed by atoms with Crippen molar-refractivity contribution in [2.24, 2.45) is 7.05 Å². The summed E-state index contributed by atoms with van der Waals surface area (Å²) in [5, 5.41) is 5.17. The number of methoxy groups -OCH3 is 1. The number of benzene rings is 1. The number of pyridine rings is 2. The molecule has 1 aliphatic rings. The third kappa shape index (κ3) is 6.59. The van der Waals surface area contributed by atoms with Gasteiger partial charge in [-0.3, -0.25) is 28.6 Å². The van der Waals surface area contributed by atoms with Crippen molar-refractivity contribution < 1.29 is 35.9 Å². The second kappa shape index (κ2) is 12.8. The fourth-order valence-corrected chi connectivity index (χ4v) is 5.57.